The molecule has 4 nitrogen and oxygen atoms in total. The van der Waals surface area contributed by atoms with E-state index in [4.69, 9.17) is 136 Å². The molecule has 0 aromatic heterocycles. The van der Waals surface area contributed by atoms with Crippen molar-refractivity contribution in [3.8, 4) is 17.2 Å². The summed E-state index contributed by atoms with van der Waals surface area (Å²) in [7, 11) is 0. The molecule has 0 saturated heterocycles. The third kappa shape index (κ3) is 8.43. The van der Waals surface area contributed by atoms with Crippen molar-refractivity contribution in [2.75, 3.05) is 0 Å². The molecular weight excluding hydrogens is 695 g/mol. The number of rotatable bonds is 7. The maximum absolute atomic E-state index is 12.0. The van der Waals surface area contributed by atoms with E-state index in [2.05, 4.69) is 0 Å². The van der Waals surface area contributed by atoms with Gasteiger partial charge in [-0.1, -0.05) is 0 Å². The Bertz CT molecular complexity index is 673. The summed E-state index contributed by atoms with van der Waals surface area (Å²) in [5.41, 5.74) is -0.178. The number of hydrogen-bond donors (Lipinski definition) is 0. The van der Waals surface area contributed by atoms with Crippen molar-refractivity contribution in [1.82, 2.24) is 0 Å². The Kier molecular flexibility index (Phi) is 10.1. The molecule has 0 aliphatic carbocycles. The Morgan fingerprint density at radius 2 is 0.923 bits per heavy atom. The molecule has 1 aromatic rings. The van der Waals surface area contributed by atoms with E-state index in [1.54, 1.807) is 0 Å². The van der Waals surface area contributed by atoms with Crippen LogP contribution in [0.15, 0.2) is 0 Å². The Hall–Kier alpha value is 2.67. The van der Waals surface area contributed by atoms with Crippen LogP contribution in [-0.2, 0) is 0 Å². The van der Waals surface area contributed by atoms with Gasteiger partial charge in [0, 0.05) is 0 Å². The predicted molar refractivity (Wildman–Crippen MR) is 123 cm³/mol. The van der Waals surface area contributed by atoms with E-state index in [0.717, 1.165) is 0 Å². The molecule has 0 spiro atoms. The minimum atomic E-state index is -3.86. The molecule has 0 amide bonds. The average Bonchev–Trinajstić information content (AvgIpc) is 2.34. The van der Waals surface area contributed by atoms with Crippen LogP contribution < -0.4 is 13.3 Å². The van der Waals surface area contributed by atoms with Crippen LogP contribution in [0, 0.1) is 0 Å². The van der Waals surface area contributed by atoms with Crippen molar-refractivity contribution in [3.05, 3.63) is 15.6 Å². The van der Waals surface area contributed by atoms with Crippen molar-refractivity contribution in [1.29, 1.82) is 0 Å². The molecule has 1 rings (SSSR count). The first-order valence-electron chi connectivity index (χ1n) is 5.76. The quantitative estimate of drug-likeness (QED) is 0.256. The van der Waals surface area contributed by atoms with Crippen molar-refractivity contribution in [2.24, 2.45) is 0 Å². The molecule has 0 saturated carbocycles. The van der Waals surface area contributed by atoms with Gasteiger partial charge in [-0.15, -0.1) is 0 Å². The van der Waals surface area contributed by atoms with Gasteiger partial charge in [0.05, 0.1) is 0 Å². The Morgan fingerprint density at radius 3 is 1.15 bits per heavy atom. The Balaban J connectivity index is 3.91. The van der Waals surface area contributed by atoms with Gasteiger partial charge in [-0.3, -0.25) is 0 Å². The first-order chi connectivity index (χ1) is 11.4. The minimum absolute atomic E-state index is 0.178. The fraction of sp³-hybridized carbons (Fsp3) is 0. The van der Waals surface area contributed by atoms with Crippen LogP contribution in [0.5, 0.6) is 17.2 Å². The second kappa shape index (κ2) is 9.87. The van der Waals surface area contributed by atoms with E-state index in [-0.39, 0.29) is 32.1 Å². The summed E-state index contributed by atoms with van der Waals surface area (Å²) in [6, 6.07) is 0. The molecule has 26 heavy (non-hydrogen) atoms. The van der Waals surface area contributed by atoms with Crippen molar-refractivity contribution >= 4 is 163 Å². The third-order valence-electron chi connectivity index (χ3n) is 2.26. The molecule has 0 aliphatic rings. The van der Waals surface area contributed by atoms with Crippen molar-refractivity contribution in [3.63, 3.8) is 0 Å². The number of carbonyl (C=O) groups is 1. The first-order valence-corrected chi connectivity index (χ1v) is 23.4. The van der Waals surface area contributed by atoms with Crippen LogP contribution >= 0.6 is 123 Å². The molecule has 0 heterocycles. The second-order valence-corrected chi connectivity index (χ2v) is 29.7. The van der Waals surface area contributed by atoms with E-state index in [0.29, 0.717) is 0 Å². The van der Waals surface area contributed by atoms with Crippen molar-refractivity contribution < 1.29 is 18.1 Å². The predicted octanol–water partition coefficient (Wildman–Crippen LogP) is 6.09. The fourth-order valence-electron chi connectivity index (χ4n) is 1.56. The van der Waals surface area contributed by atoms with E-state index >= 15 is 0 Å². The van der Waals surface area contributed by atoms with Gasteiger partial charge in [0.15, 0.2) is 0 Å². The maximum atomic E-state index is 12.0. The molecule has 0 bridgehead atoms. The summed E-state index contributed by atoms with van der Waals surface area (Å²) in [5, 5.41) is -0.632. The molecule has 19 heteroatoms. The van der Waals surface area contributed by atoms with Gasteiger partial charge in [0.25, 0.3) is 0 Å². The molecule has 0 fully saturated rings. The Labute approximate surface area is 211 Å². The monoisotopic (exact) mass is 694 g/mol. The standard InChI is InChI=1S/C7H3Cl11GeO4Si3/c8-2-1(7(19)20)3(9)5(22-25(13,14)15)6(23-26(16,17)18)4(2)21-24(10,11)12/h19H3. The summed E-state index contributed by atoms with van der Waals surface area (Å²) in [6.07, 6.45) is -11.5. The molecule has 1 aromatic carbocycles. The van der Waals surface area contributed by atoms with E-state index in [1.165, 1.54) is 0 Å². The molecule has 0 aliphatic heterocycles. The van der Waals surface area contributed by atoms with Gasteiger partial charge in [-0.25, -0.2) is 0 Å². The zero-order valence-electron chi connectivity index (χ0n) is 11.8. The normalized spacial score (nSPS) is 12.9. The van der Waals surface area contributed by atoms with Crippen LogP contribution in [0.25, 0.3) is 0 Å². The van der Waals surface area contributed by atoms with Gasteiger partial charge in [-0.2, -0.15) is 0 Å². The van der Waals surface area contributed by atoms with E-state index < -0.39 is 40.6 Å². The third-order valence-corrected chi connectivity index (χ3v) is 7.42. The summed E-state index contributed by atoms with van der Waals surface area (Å²) in [6.45, 7) is 0. The Morgan fingerprint density at radius 1 is 0.654 bits per heavy atom. The summed E-state index contributed by atoms with van der Waals surface area (Å²) in [4.78, 5) is 12.0. The van der Waals surface area contributed by atoms with Crippen LogP contribution in [0.1, 0.15) is 10.4 Å². The number of benzene rings is 1. The van der Waals surface area contributed by atoms with Gasteiger partial charge in [0.1, 0.15) is 0 Å². The van der Waals surface area contributed by atoms with Crippen LogP contribution in [0.4, 0.5) is 0 Å². The average molecular weight is 698 g/mol. The molecule has 0 radical (unpaired) electrons. The summed E-state index contributed by atoms with van der Waals surface area (Å²) in [5.74, 6) is -1.30. The number of carbonyl (C=O) groups excluding carboxylic acids is 1. The molecule has 0 atom stereocenters. The summed E-state index contributed by atoms with van der Waals surface area (Å²) >= 11 is 64.0. The molecule has 148 valence electrons. The van der Waals surface area contributed by atoms with Crippen LogP contribution in [0.3, 0.4) is 0 Å². The van der Waals surface area contributed by atoms with E-state index in [9.17, 15) is 4.79 Å². The fourth-order valence-corrected chi connectivity index (χ4v) is 7.51. The van der Waals surface area contributed by atoms with Crippen LogP contribution in [0.2, 0.25) is 10.0 Å². The first kappa shape index (κ1) is 26.7. The van der Waals surface area contributed by atoms with Gasteiger partial charge < -0.3 is 0 Å². The van der Waals surface area contributed by atoms with Gasteiger partial charge in [0.2, 0.25) is 0 Å². The molecular formula is C7H3Cl11GeO4Si3. The zero-order chi connectivity index (χ0) is 20.7. The molecule has 0 N–H and O–H groups in total. The molecule has 0 unspecified atom stereocenters. The number of hydrogen-bond acceptors (Lipinski definition) is 4. The zero-order valence-corrected chi connectivity index (χ0v) is 27.3. The summed E-state index contributed by atoms with van der Waals surface area (Å²) < 4.78 is 15.4. The van der Waals surface area contributed by atoms with Gasteiger partial charge >= 0.3 is 214 Å². The van der Waals surface area contributed by atoms with Gasteiger partial charge in [-0.05, 0) is 0 Å². The van der Waals surface area contributed by atoms with E-state index in [1.807, 2.05) is 0 Å². The second-order valence-electron chi connectivity index (χ2n) is 4.19. The van der Waals surface area contributed by atoms with Crippen molar-refractivity contribution in [2.45, 2.75) is 0 Å². The number of halogens is 11. The SMILES string of the molecule is O=[C]([GeH3])c1c(Cl)c(O[Si](Cl)(Cl)Cl)c(O[Si](Cl)(Cl)Cl)c(O[Si](Cl)(Cl)Cl)c1Cl. The topological polar surface area (TPSA) is 44.8 Å². The van der Waals surface area contributed by atoms with Crippen LogP contribution in [-0.4, -0.2) is 39.9 Å².